The number of amides is 2. The molecule has 4 heteroatoms. The second-order valence-corrected chi connectivity index (χ2v) is 3.41. The van der Waals surface area contributed by atoms with Crippen LogP contribution in [0.3, 0.4) is 0 Å². The average molecular weight is 184 g/mol. The van der Waals surface area contributed by atoms with Gasteiger partial charge in [-0.2, -0.15) is 0 Å². The van der Waals surface area contributed by atoms with E-state index in [0.717, 1.165) is 12.8 Å². The molecule has 0 aromatic heterocycles. The third-order valence-corrected chi connectivity index (χ3v) is 2.57. The first kappa shape index (κ1) is 10.2. The maximum absolute atomic E-state index is 11.3. The summed E-state index contributed by atoms with van der Waals surface area (Å²) in [7, 11) is 3.43. The maximum Gasteiger partial charge on any atom is 0.228 e. The predicted octanol–water partition coefficient (Wildman–Crippen LogP) is 0.133. The summed E-state index contributed by atoms with van der Waals surface area (Å²) in [5, 5.41) is 3.10. The van der Waals surface area contributed by atoms with E-state index in [2.05, 4.69) is 5.32 Å². The normalized spacial score (nSPS) is 21.5. The van der Waals surface area contributed by atoms with Crippen LogP contribution in [0.4, 0.5) is 0 Å². The molecule has 13 heavy (non-hydrogen) atoms. The van der Waals surface area contributed by atoms with Gasteiger partial charge in [0.2, 0.25) is 11.8 Å². The molecule has 4 nitrogen and oxygen atoms in total. The lowest BCUT2D eigenvalue weighted by Gasteiger charge is -2.23. The van der Waals surface area contributed by atoms with Crippen LogP contribution in [-0.2, 0) is 9.59 Å². The minimum atomic E-state index is -0.0649. The number of carbonyl (C=O) groups is 2. The van der Waals surface area contributed by atoms with Gasteiger partial charge in [-0.25, -0.2) is 0 Å². The number of hydrogen-bond acceptors (Lipinski definition) is 3. The summed E-state index contributed by atoms with van der Waals surface area (Å²) >= 11 is 0. The zero-order valence-electron chi connectivity index (χ0n) is 8.17. The van der Waals surface area contributed by atoms with Crippen LogP contribution in [0, 0.1) is 0 Å². The zero-order valence-corrected chi connectivity index (χ0v) is 8.17. The van der Waals surface area contributed by atoms with Gasteiger partial charge >= 0.3 is 0 Å². The summed E-state index contributed by atoms with van der Waals surface area (Å²) in [5.41, 5.74) is 0. The van der Waals surface area contributed by atoms with Crippen molar-refractivity contribution in [2.24, 2.45) is 0 Å². The van der Waals surface area contributed by atoms with Crippen LogP contribution in [0.15, 0.2) is 0 Å². The molecule has 0 unspecified atom stereocenters. The van der Waals surface area contributed by atoms with Crippen LogP contribution >= 0.6 is 0 Å². The van der Waals surface area contributed by atoms with Gasteiger partial charge < -0.3 is 5.32 Å². The molecule has 1 saturated heterocycles. The number of likely N-dealkylation sites (tertiary alicyclic amines) is 1. The summed E-state index contributed by atoms with van der Waals surface area (Å²) in [6, 6.07) is 0.307. The fourth-order valence-electron chi connectivity index (χ4n) is 1.50. The first-order valence-corrected chi connectivity index (χ1v) is 4.61. The van der Waals surface area contributed by atoms with Crippen LogP contribution in [-0.4, -0.2) is 36.9 Å². The third-order valence-electron chi connectivity index (χ3n) is 2.57. The monoisotopic (exact) mass is 184 g/mol. The van der Waals surface area contributed by atoms with Gasteiger partial charge in [-0.15, -0.1) is 0 Å². The average Bonchev–Trinajstić information content (AvgIpc) is 2.14. The summed E-state index contributed by atoms with van der Waals surface area (Å²) in [5.74, 6) is -0.130. The Morgan fingerprint density at radius 1 is 1.23 bits per heavy atom. The molecule has 1 aliphatic rings. The molecule has 2 amide bonds. The van der Waals surface area contributed by atoms with E-state index in [1.807, 2.05) is 7.05 Å². The van der Waals surface area contributed by atoms with Gasteiger partial charge in [0.05, 0.1) is 0 Å². The number of hydrogen-bond donors (Lipinski definition) is 1. The van der Waals surface area contributed by atoms with E-state index in [9.17, 15) is 9.59 Å². The smallest absolute Gasteiger partial charge is 0.228 e. The highest BCUT2D eigenvalue weighted by molar-refractivity contribution is 5.95. The lowest BCUT2D eigenvalue weighted by molar-refractivity contribution is -0.144. The van der Waals surface area contributed by atoms with Crippen LogP contribution in [0.2, 0.25) is 0 Å². The standard InChI is InChI=1S/C9H16N2O2/c1-10-7-3-5-8(12)11(2)9(13)6-4-7/h7,10H,3-6H2,1-2H3. The van der Waals surface area contributed by atoms with Gasteiger partial charge in [-0.1, -0.05) is 0 Å². The molecule has 1 heterocycles. The van der Waals surface area contributed by atoms with Crippen molar-refractivity contribution in [1.29, 1.82) is 0 Å². The number of imide groups is 1. The number of rotatable bonds is 1. The molecule has 0 saturated carbocycles. The summed E-state index contributed by atoms with van der Waals surface area (Å²) < 4.78 is 0. The molecule has 0 aromatic rings. The largest absolute Gasteiger partial charge is 0.317 e. The second kappa shape index (κ2) is 4.37. The van der Waals surface area contributed by atoms with Crippen LogP contribution in [0.5, 0.6) is 0 Å². The van der Waals surface area contributed by atoms with E-state index in [1.54, 1.807) is 7.05 Å². The van der Waals surface area contributed by atoms with Crippen molar-refractivity contribution >= 4 is 11.8 Å². The molecule has 0 atom stereocenters. The molecular formula is C9H16N2O2. The highest BCUT2D eigenvalue weighted by Crippen LogP contribution is 2.12. The van der Waals surface area contributed by atoms with Gasteiger partial charge in [0.25, 0.3) is 0 Å². The van der Waals surface area contributed by atoms with Crippen molar-refractivity contribution < 1.29 is 9.59 Å². The van der Waals surface area contributed by atoms with Gasteiger partial charge in [0.15, 0.2) is 0 Å². The summed E-state index contributed by atoms with van der Waals surface area (Å²) in [4.78, 5) is 23.9. The predicted molar refractivity (Wildman–Crippen MR) is 49.1 cm³/mol. The Labute approximate surface area is 78.3 Å². The van der Waals surface area contributed by atoms with Crippen LogP contribution < -0.4 is 5.32 Å². The van der Waals surface area contributed by atoms with E-state index in [4.69, 9.17) is 0 Å². The minimum absolute atomic E-state index is 0.0649. The van der Waals surface area contributed by atoms with Crippen LogP contribution in [0.25, 0.3) is 0 Å². The van der Waals surface area contributed by atoms with E-state index >= 15 is 0 Å². The quantitative estimate of drug-likeness (QED) is 0.589. The minimum Gasteiger partial charge on any atom is -0.317 e. The molecule has 0 spiro atoms. The number of nitrogens with zero attached hydrogens (tertiary/aromatic N) is 1. The van der Waals surface area contributed by atoms with Crippen molar-refractivity contribution in [3.8, 4) is 0 Å². The molecule has 1 fully saturated rings. The van der Waals surface area contributed by atoms with Crippen molar-refractivity contribution in [2.45, 2.75) is 31.7 Å². The molecule has 0 aliphatic carbocycles. The Balaban J connectivity index is 2.59. The van der Waals surface area contributed by atoms with E-state index in [-0.39, 0.29) is 11.8 Å². The number of carbonyl (C=O) groups excluding carboxylic acids is 2. The lowest BCUT2D eigenvalue weighted by atomic mass is 10.0. The lowest BCUT2D eigenvalue weighted by Crippen LogP contribution is -2.38. The Bertz CT molecular complexity index is 196. The Morgan fingerprint density at radius 2 is 1.69 bits per heavy atom. The topological polar surface area (TPSA) is 49.4 Å². The summed E-state index contributed by atoms with van der Waals surface area (Å²) in [6.07, 6.45) is 2.58. The second-order valence-electron chi connectivity index (χ2n) is 3.41. The van der Waals surface area contributed by atoms with Gasteiger partial charge in [-0.05, 0) is 19.9 Å². The molecule has 1 aliphatic heterocycles. The Kier molecular flexibility index (Phi) is 3.42. The highest BCUT2D eigenvalue weighted by Gasteiger charge is 2.22. The summed E-state index contributed by atoms with van der Waals surface area (Å²) in [6.45, 7) is 0. The molecule has 0 radical (unpaired) electrons. The molecule has 74 valence electrons. The first-order chi connectivity index (χ1) is 6.15. The van der Waals surface area contributed by atoms with Crippen molar-refractivity contribution in [1.82, 2.24) is 10.2 Å². The van der Waals surface area contributed by atoms with Gasteiger partial charge in [0, 0.05) is 25.9 Å². The highest BCUT2D eigenvalue weighted by atomic mass is 16.2. The molecule has 0 bridgehead atoms. The molecular weight excluding hydrogens is 168 g/mol. The zero-order chi connectivity index (χ0) is 9.84. The van der Waals surface area contributed by atoms with E-state index in [1.165, 1.54) is 4.90 Å². The first-order valence-electron chi connectivity index (χ1n) is 4.61. The van der Waals surface area contributed by atoms with Crippen LogP contribution in [0.1, 0.15) is 25.7 Å². The Hall–Kier alpha value is -0.900. The van der Waals surface area contributed by atoms with E-state index in [0.29, 0.717) is 18.9 Å². The van der Waals surface area contributed by atoms with Crippen molar-refractivity contribution in [2.75, 3.05) is 14.1 Å². The van der Waals surface area contributed by atoms with Crippen molar-refractivity contribution in [3.05, 3.63) is 0 Å². The van der Waals surface area contributed by atoms with Gasteiger partial charge in [-0.3, -0.25) is 14.5 Å². The fourth-order valence-corrected chi connectivity index (χ4v) is 1.50. The third kappa shape index (κ3) is 2.52. The van der Waals surface area contributed by atoms with Gasteiger partial charge in [0.1, 0.15) is 0 Å². The molecule has 0 aromatic carbocycles. The Morgan fingerprint density at radius 3 is 2.08 bits per heavy atom. The fraction of sp³-hybridized carbons (Fsp3) is 0.778. The molecule has 1 N–H and O–H groups in total. The van der Waals surface area contributed by atoms with Crippen molar-refractivity contribution in [3.63, 3.8) is 0 Å². The maximum atomic E-state index is 11.3. The number of nitrogens with one attached hydrogen (secondary N) is 1. The molecule has 1 rings (SSSR count). The van der Waals surface area contributed by atoms with E-state index < -0.39 is 0 Å². The SMILES string of the molecule is CNC1CCC(=O)N(C)C(=O)CC1.